The number of imidazole rings is 1. The minimum absolute atomic E-state index is 0.160. The predicted molar refractivity (Wildman–Crippen MR) is 77.8 cm³/mol. The summed E-state index contributed by atoms with van der Waals surface area (Å²) >= 11 is 0. The van der Waals surface area contributed by atoms with Crippen molar-refractivity contribution in [1.82, 2.24) is 19.6 Å². The summed E-state index contributed by atoms with van der Waals surface area (Å²) < 4.78 is 15.2. The van der Waals surface area contributed by atoms with Gasteiger partial charge in [0.25, 0.3) is 5.91 Å². The molecule has 21 heavy (non-hydrogen) atoms. The molecule has 6 heteroatoms. The highest BCUT2D eigenvalue weighted by Gasteiger charge is 2.25. The minimum atomic E-state index is -0.370. The van der Waals surface area contributed by atoms with Gasteiger partial charge in [-0.1, -0.05) is 0 Å². The van der Waals surface area contributed by atoms with E-state index in [0.29, 0.717) is 5.52 Å². The molecule has 2 aromatic rings. The highest BCUT2D eigenvalue weighted by Crippen LogP contribution is 2.17. The number of carbonyl (C=O) groups is 1. The fourth-order valence-corrected chi connectivity index (χ4v) is 2.86. The number of amides is 1. The first kappa shape index (κ1) is 14.0. The number of rotatable bonds is 2. The van der Waals surface area contributed by atoms with E-state index in [0.717, 1.165) is 32.4 Å². The van der Waals surface area contributed by atoms with Crippen molar-refractivity contribution >= 4 is 11.4 Å². The van der Waals surface area contributed by atoms with E-state index in [4.69, 9.17) is 0 Å². The van der Waals surface area contributed by atoms with Crippen LogP contribution in [0.4, 0.5) is 4.39 Å². The molecule has 3 heterocycles. The molecule has 1 unspecified atom stereocenters. The van der Waals surface area contributed by atoms with Crippen LogP contribution in [0.15, 0.2) is 24.5 Å². The van der Waals surface area contributed by atoms with E-state index >= 15 is 0 Å². The van der Waals surface area contributed by atoms with Crippen LogP contribution in [-0.4, -0.2) is 46.4 Å². The molecule has 112 valence electrons. The highest BCUT2D eigenvalue weighted by atomic mass is 19.1. The normalized spacial score (nSPS) is 19.4. The number of carbonyl (C=O) groups excluding carboxylic acids is 1. The second kappa shape index (κ2) is 5.81. The highest BCUT2D eigenvalue weighted by molar-refractivity contribution is 5.92. The minimum Gasteiger partial charge on any atom is -0.336 e. The Kier molecular flexibility index (Phi) is 3.88. The Labute approximate surface area is 122 Å². The second-order valence-electron chi connectivity index (χ2n) is 5.44. The summed E-state index contributed by atoms with van der Waals surface area (Å²) in [5.41, 5.74) is 0.330. The molecule has 0 aliphatic carbocycles. The summed E-state index contributed by atoms with van der Waals surface area (Å²) in [6.07, 6.45) is 6.04. The molecule has 1 amide bonds. The zero-order chi connectivity index (χ0) is 14.8. The maximum atomic E-state index is 13.7. The number of pyridine rings is 1. The molecule has 1 aliphatic rings. The van der Waals surface area contributed by atoms with Crippen molar-refractivity contribution in [3.8, 4) is 0 Å². The van der Waals surface area contributed by atoms with Gasteiger partial charge in [-0.2, -0.15) is 0 Å². The van der Waals surface area contributed by atoms with Crippen LogP contribution in [0.3, 0.4) is 0 Å². The third kappa shape index (κ3) is 2.63. The van der Waals surface area contributed by atoms with Crippen molar-refractivity contribution in [2.45, 2.75) is 25.3 Å². The third-order valence-electron chi connectivity index (χ3n) is 4.12. The zero-order valence-corrected chi connectivity index (χ0v) is 12.1. The van der Waals surface area contributed by atoms with Gasteiger partial charge in [-0.05, 0) is 44.5 Å². The van der Waals surface area contributed by atoms with Crippen molar-refractivity contribution in [2.75, 3.05) is 20.1 Å². The van der Waals surface area contributed by atoms with Crippen molar-refractivity contribution < 1.29 is 9.18 Å². The molecule has 0 saturated carbocycles. The Balaban J connectivity index is 1.87. The lowest BCUT2D eigenvalue weighted by Crippen LogP contribution is -2.38. The van der Waals surface area contributed by atoms with E-state index in [1.165, 1.54) is 16.7 Å². The summed E-state index contributed by atoms with van der Waals surface area (Å²) in [7, 11) is 1.80. The van der Waals surface area contributed by atoms with Crippen LogP contribution in [0.2, 0.25) is 0 Å². The number of hydrogen-bond donors (Lipinski definition) is 1. The van der Waals surface area contributed by atoms with Gasteiger partial charge in [0.1, 0.15) is 11.3 Å². The van der Waals surface area contributed by atoms with E-state index < -0.39 is 0 Å². The van der Waals surface area contributed by atoms with Crippen LogP contribution in [0.25, 0.3) is 5.52 Å². The van der Waals surface area contributed by atoms with Gasteiger partial charge in [-0.3, -0.25) is 9.20 Å². The van der Waals surface area contributed by atoms with Crippen molar-refractivity contribution in [3.63, 3.8) is 0 Å². The molecule has 0 aromatic carbocycles. The van der Waals surface area contributed by atoms with Gasteiger partial charge >= 0.3 is 0 Å². The lowest BCUT2D eigenvalue weighted by atomic mass is 10.1. The first-order valence-electron chi connectivity index (χ1n) is 7.28. The molecule has 5 nitrogen and oxygen atoms in total. The summed E-state index contributed by atoms with van der Waals surface area (Å²) in [4.78, 5) is 18.5. The van der Waals surface area contributed by atoms with Gasteiger partial charge < -0.3 is 10.2 Å². The number of hydrogen-bond acceptors (Lipinski definition) is 3. The number of fused-ring (bicyclic) bond motifs is 1. The number of nitrogens with zero attached hydrogens (tertiary/aromatic N) is 3. The molecule has 1 N–H and O–H groups in total. The Bertz CT molecular complexity index is 646. The molecular weight excluding hydrogens is 271 g/mol. The Morgan fingerprint density at radius 1 is 1.48 bits per heavy atom. The van der Waals surface area contributed by atoms with Crippen molar-refractivity contribution in [1.29, 1.82) is 0 Å². The molecule has 1 aliphatic heterocycles. The molecule has 0 radical (unpaired) electrons. The molecule has 2 aromatic heterocycles. The Hall–Kier alpha value is -1.95. The largest absolute Gasteiger partial charge is 0.336 e. The summed E-state index contributed by atoms with van der Waals surface area (Å²) in [6.45, 7) is 1.91. The number of nitrogens with one attached hydrogen (secondary N) is 1. The number of halogens is 1. The fraction of sp³-hybridized carbons (Fsp3) is 0.467. The van der Waals surface area contributed by atoms with Crippen LogP contribution in [-0.2, 0) is 0 Å². The predicted octanol–water partition coefficient (Wildman–Crippen LogP) is 1.69. The van der Waals surface area contributed by atoms with E-state index in [-0.39, 0.29) is 23.6 Å². The quantitative estimate of drug-likeness (QED) is 0.915. The lowest BCUT2D eigenvalue weighted by molar-refractivity contribution is 0.0707. The van der Waals surface area contributed by atoms with E-state index in [1.54, 1.807) is 24.2 Å². The van der Waals surface area contributed by atoms with Gasteiger partial charge in [-0.25, -0.2) is 9.37 Å². The van der Waals surface area contributed by atoms with E-state index in [9.17, 15) is 9.18 Å². The van der Waals surface area contributed by atoms with Gasteiger partial charge in [0.15, 0.2) is 0 Å². The van der Waals surface area contributed by atoms with Crippen LogP contribution in [0, 0.1) is 5.82 Å². The van der Waals surface area contributed by atoms with Crippen LogP contribution < -0.4 is 5.32 Å². The van der Waals surface area contributed by atoms with Gasteiger partial charge in [0.2, 0.25) is 5.82 Å². The van der Waals surface area contributed by atoms with Gasteiger partial charge in [-0.15, -0.1) is 0 Å². The third-order valence-corrected chi connectivity index (χ3v) is 4.12. The van der Waals surface area contributed by atoms with E-state index in [1.807, 2.05) is 0 Å². The van der Waals surface area contributed by atoms with Crippen molar-refractivity contribution in [2.24, 2.45) is 0 Å². The molecule has 0 spiro atoms. The SMILES string of the molecule is CN(C(=O)c1ncc2c(F)cccn12)C1CCCNCC1. The molecule has 1 fully saturated rings. The van der Waals surface area contributed by atoms with Gasteiger partial charge in [0.05, 0.1) is 6.20 Å². The molecule has 0 bridgehead atoms. The monoisotopic (exact) mass is 290 g/mol. The average Bonchev–Trinajstić information content (AvgIpc) is 2.74. The van der Waals surface area contributed by atoms with Crippen LogP contribution in [0.1, 0.15) is 29.9 Å². The average molecular weight is 290 g/mol. The smallest absolute Gasteiger partial charge is 0.290 e. The fourth-order valence-electron chi connectivity index (χ4n) is 2.86. The lowest BCUT2D eigenvalue weighted by Gasteiger charge is -2.26. The summed E-state index contributed by atoms with van der Waals surface area (Å²) in [6, 6.07) is 3.15. The van der Waals surface area contributed by atoms with E-state index in [2.05, 4.69) is 10.3 Å². The maximum Gasteiger partial charge on any atom is 0.290 e. The molecule has 3 rings (SSSR count). The van der Waals surface area contributed by atoms with Crippen LogP contribution in [0.5, 0.6) is 0 Å². The van der Waals surface area contributed by atoms with Gasteiger partial charge in [0, 0.05) is 19.3 Å². The number of aromatic nitrogens is 2. The Morgan fingerprint density at radius 3 is 3.19 bits per heavy atom. The zero-order valence-electron chi connectivity index (χ0n) is 12.1. The molecule has 1 atom stereocenters. The first-order chi connectivity index (χ1) is 10.2. The Morgan fingerprint density at radius 2 is 2.33 bits per heavy atom. The maximum absolute atomic E-state index is 13.7. The van der Waals surface area contributed by atoms with Crippen LogP contribution >= 0.6 is 0 Å². The summed E-state index contributed by atoms with van der Waals surface area (Å²) in [5, 5.41) is 3.33. The topological polar surface area (TPSA) is 49.6 Å². The second-order valence-corrected chi connectivity index (χ2v) is 5.44. The van der Waals surface area contributed by atoms with Crippen molar-refractivity contribution in [3.05, 3.63) is 36.2 Å². The first-order valence-corrected chi connectivity index (χ1v) is 7.28. The molecule has 1 saturated heterocycles. The molecular formula is C15H19FN4O. The standard InChI is InChI=1S/C15H19FN4O/c1-19(11-4-2-7-17-8-6-11)15(21)14-18-10-13-12(16)5-3-9-20(13)14/h3,5,9-11,17H,2,4,6-8H2,1H3. The summed E-state index contributed by atoms with van der Waals surface area (Å²) in [5.74, 6) is -0.262.